The molecule has 0 fully saturated rings. The minimum atomic E-state index is -0.599. The molecule has 0 radical (unpaired) electrons. The number of H-pyrrole nitrogens is 1. The highest BCUT2D eigenvalue weighted by molar-refractivity contribution is 5.06. The molecule has 1 N–H and O–H groups in total. The summed E-state index contributed by atoms with van der Waals surface area (Å²) in [6.45, 7) is 1.79. The van der Waals surface area contributed by atoms with E-state index in [2.05, 4.69) is 15.0 Å². The average molecular weight is 249 g/mol. The van der Waals surface area contributed by atoms with E-state index < -0.39 is 17.5 Å². The van der Waals surface area contributed by atoms with Crippen molar-refractivity contribution in [3.05, 3.63) is 55.2 Å². The fourth-order valence-electron chi connectivity index (χ4n) is 1.62. The Morgan fingerprint density at radius 3 is 2.94 bits per heavy atom. The fourth-order valence-corrected chi connectivity index (χ4v) is 1.62. The van der Waals surface area contributed by atoms with Gasteiger partial charge in [0.1, 0.15) is 0 Å². The number of hydrogen-bond acceptors (Lipinski definition) is 4. The summed E-state index contributed by atoms with van der Waals surface area (Å²) in [6.07, 6.45) is 4.12. The zero-order valence-electron chi connectivity index (χ0n) is 9.61. The quantitative estimate of drug-likeness (QED) is 0.358. The number of nitrogens with one attached hydrogen (secondary N) is 1. The standard InChI is InChI=1S/C10H11N5O3/c1-6-4-15(10(17)12-9(6)16)8-3-2-7(5-18-8)13-14-11/h2-4,7-8H,5H2,1H3,(H,12,16,17)/t7?,8-/m0/s1. The van der Waals surface area contributed by atoms with Crippen molar-refractivity contribution in [3.8, 4) is 0 Å². The van der Waals surface area contributed by atoms with E-state index in [1.54, 1.807) is 19.1 Å². The topological polar surface area (TPSA) is 113 Å². The van der Waals surface area contributed by atoms with Crippen LogP contribution in [0.4, 0.5) is 0 Å². The van der Waals surface area contributed by atoms with Gasteiger partial charge in [0.05, 0.1) is 12.6 Å². The zero-order valence-corrected chi connectivity index (χ0v) is 9.61. The molecule has 2 atom stereocenters. The van der Waals surface area contributed by atoms with E-state index in [1.807, 2.05) is 0 Å². The van der Waals surface area contributed by atoms with E-state index in [0.29, 0.717) is 5.56 Å². The molecular formula is C10H11N5O3. The maximum absolute atomic E-state index is 11.6. The van der Waals surface area contributed by atoms with Crippen LogP contribution in [0.5, 0.6) is 0 Å². The molecule has 1 aliphatic heterocycles. The van der Waals surface area contributed by atoms with Crippen LogP contribution in [0, 0.1) is 6.92 Å². The van der Waals surface area contributed by atoms with Crippen LogP contribution in [0.3, 0.4) is 0 Å². The lowest BCUT2D eigenvalue weighted by Crippen LogP contribution is -2.35. The molecule has 0 aliphatic carbocycles. The third-order valence-electron chi connectivity index (χ3n) is 2.56. The first-order chi connectivity index (χ1) is 8.61. The summed E-state index contributed by atoms with van der Waals surface area (Å²) in [7, 11) is 0. The highest BCUT2D eigenvalue weighted by Gasteiger charge is 2.17. The summed E-state index contributed by atoms with van der Waals surface area (Å²) in [5.74, 6) is 0. The Morgan fingerprint density at radius 2 is 2.33 bits per heavy atom. The van der Waals surface area contributed by atoms with Gasteiger partial charge in [-0.2, -0.15) is 0 Å². The number of hydrogen-bond donors (Lipinski definition) is 1. The maximum Gasteiger partial charge on any atom is 0.330 e. The fraction of sp³-hybridized carbons (Fsp3) is 0.400. The van der Waals surface area contributed by atoms with Gasteiger partial charge in [-0.1, -0.05) is 11.2 Å². The van der Waals surface area contributed by atoms with Gasteiger partial charge in [-0.15, -0.1) is 0 Å². The van der Waals surface area contributed by atoms with Crippen molar-refractivity contribution in [1.29, 1.82) is 0 Å². The SMILES string of the molecule is Cc1cn([C@@H]2C=CC(N=[N+]=[N-])CO2)c(=O)[nH]c1=O. The summed E-state index contributed by atoms with van der Waals surface area (Å²) >= 11 is 0. The molecule has 1 unspecified atom stereocenters. The Hall–Kier alpha value is -2.31. The second-order valence-corrected chi connectivity index (χ2v) is 3.86. The Kier molecular flexibility index (Phi) is 3.31. The van der Waals surface area contributed by atoms with E-state index >= 15 is 0 Å². The Labute approximate surface area is 101 Å². The number of aromatic amines is 1. The van der Waals surface area contributed by atoms with Crippen molar-refractivity contribution < 1.29 is 4.74 Å². The molecule has 1 aliphatic rings. The summed E-state index contributed by atoms with van der Waals surface area (Å²) in [5, 5.41) is 3.49. The van der Waals surface area contributed by atoms with E-state index in [9.17, 15) is 9.59 Å². The number of aryl methyl sites for hydroxylation is 1. The van der Waals surface area contributed by atoms with Gasteiger partial charge in [-0.05, 0) is 18.5 Å². The van der Waals surface area contributed by atoms with Gasteiger partial charge < -0.3 is 4.74 Å². The maximum atomic E-state index is 11.6. The molecule has 0 bridgehead atoms. The third-order valence-corrected chi connectivity index (χ3v) is 2.56. The van der Waals surface area contributed by atoms with Crippen LogP contribution in [-0.4, -0.2) is 22.2 Å². The Balaban J connectivity index is 2.32. The van der Waals surface area contributed by atoms with Crippen LogP contribution in [0.2, 0.25) is 0 Å². The molecule has 1 aromatic heterocycles. The second kappa shape index (κ2) is 4.91. The van der Waals surface area contributed by atoms with Gasteiger partial charge in [0, 0.05) is 16.7 Å². The lowest BCUT2D eigenvalue weighted by molar-refractivity contribution is 0.0220. The molecule has 0 saturated carbocycles. The summed E-state index contributed by atoms with van der Waals surface area (Å²) in [6, 6.07) is -0.370. The minimum Gasteiger partial charge on any atom is -0.353 e. The van der Waals surface area contributed by atoms with Crippen LogP contribution in [0.1, 0.15) is 11.8 Å². The lowest BCUT2D eigenvalue weighted by atomic mass is 10.2. The summed E-state index contributed by atoms with van der Waals surface area (Å²) < 4.78 is 6.67. The summed E-state index contributed by atoms with van der Waals surface area (Å²) in [4.78, 5) is 27.7. The minimum absolute atomic E-state index is 0.190. The van der Waals surface area contributed by atoms with Crippen molar-refractivity contribution in [1.82, 2.24) is 9.55 Å². The van der Waals surface area contributed by atoms with Crippen LogP contribution in [-0.2, 0) is 4.74 Å². The van der Waals surface area contributed by atoms with Crippen LogP contribution < -0.4 is 11.2 Å². The highest BCUT2D eigenvalue weighted by atomic mass is 16.5. The number of nitrogens with zero attached hydrogens (tertiary/aromatic N) is 4. The Morgan fingerprint density at radius 1 is 1.56 bits per heavy atom. The monoisotopic (exact) mass is 249 g/mol. The predicted octanol–water partition coefficient (Wildman–Crippen LogP) is 0.609. The van der Waals surface area contributed by atoms with Gasteiger partial charge >= 0.3 is 5.69 Å². The van der Waals surface area contributed by atoms with Crippen molar-refractivity contribution in [2.75, 3.05) is 6.61 Å². The van der Waals surface area contributed by atoms with Crippen molar-refractivity contribution in [2.45, 2.75) is 19.2 Å². The van der Waals surface area contributed by atoms with Gasteiger partial charge in [-0.25, -0.2) is 4.79 Å². The first-order valence-corrected chi connectivity index (χ1v) is 5.28. The number of rotatable bonds is 2. The summed E-state index contributed by atoms with van der Waals surface area (Å²) in [5.41, 5.74) is 7.75. The highest BCUT2D eigenvalue weighted by Crippen LogP contribution is 2.15. The van der Waals surface area contributed by atoms with Crippen molar-refractivity contribution in [3.63, 3.8) is 0 Å². The number of azide groups is 1. The number of ether oxygens (including phenoxy) is 1. The molecule has 8 heteroatoms. The zero-order chi connectivity index (χ0) is 13.1. The Bertz CT molecular complexity index is 638. The largest absolute Gasteiger partial charge is 0.353 e. The first-order valence-electron chi connectivity index (χ1n) is 5.28. The lowest BCUT2D eigenvalue weighted by Gasteiger charge is -2.22. The first kappa shape index (κ1) is 12.2. The van der Waals surface area contributed by atoms with Crippen molar-refractivity contribution in [2.24, 2.45) is 5.11 Å². The van der Waals surface area contributed by atoms with E-state index in [0.717, 1.165) is 0 Å². The van der Waals surface area contributed by atoms with Gasteiger partial charge in [0.2, 0.25) is 0 Å². The van der Waals surface area contributed by atoms with Gasteiger partial charge in [0.15, 0.2) is 6.23 Å². The van der Waals surface area contributed by atoms with Gasteiger partial charge in [0.25, 0.3) is 5.56 Å². The molecule has 94 valence electrons. The second-order valence-electron chi connectivity index (χ2n) is 3.86. The molecule has 1 aromatic rings. The molecule has 0 aromatic carbocycles. The van der Waals surface area contributed by atoms with E-state index in [1.165, 1.54) is 10.8 Å². The van der Waals surface area contributed by atoms with E-state index in [4.69, 9.17) is 10.3 Å². The number of aromatic nitrogens is 2. The molecule has 0 spiro atoms. The van der Waals surface area contributed by atoms with Crippen LogP contribution >= 0.6 is 0 Å². The third kappa shape index (κ3) is 2.34. The molecule has 18 heavy (non-hydrogen) atoms. The molecule has 2 heterocycles. The van der Waals surface area contributed by atoms with Gasteiger partial charge in [-0.3, -0.25) is 14.3 Å². The average Bonchev–Trinajstić information content (AvgIpc) is 2.35. The van der Waals surface area contributed by atoms with Crippen LogP contribution in [0.15, 0.2) is 33.1 Å². The van der Waals surface area contributed by atoms with Crippen LogP contribution in [0.25, 0.3) is 10.4 Å². The predicted molar refractivity (Wildman–Crippen MR) is 63.1 cm³/mol. The molecule has 0 amide bonds. The molecular weight excluding hydrogens is 238 g/mol. The smallest absolute Gasteiger partial charge is 0.330 e. The molecule has 0 saturated heterocycles. The molecule has 2 rings (SSSR count). The molecule has 8 nitrogen and oxygen atoms in total. The van der Waals surface area contributed by atoms with Crippen molar-refractivity contribution >= 4 is 0 Å². The normalized spacial score (nSPS) is 22.5. The van der Waals surface area contributed by atoms with E-state index in [-0.39, 0.29) is 12.6 Å².